The second-order valence-electron chi connectivity index (χ2n) is 5.32. The lowest BCUT2D eigenvalue weighted by atomic mass is 10.1. The van der Waals surface area contributed by atoms with Crippen molar-refractivity contribution in [3.63, 3.8) is 0 Å². The number of pyridine rings is 1. The van der Waals surface area contributed by atoms with Crippen molar-refractivity contribution in [2.75, 3.05) is 36.0 Å². The normalized spacial score (nSPS) is 15.1. The van der Waals surface area contributed by atoms with Crippen molar-refractivity contribution in [3.05, 3.63) is 53.7 Å². The predicted octanol–water partition coefficient (Wildman–Crippen LogP) is 2.53. The molecule has 1 fully saturated rings. The van der Waals surface area contributed by atoms with Gasteiger partial charge in [-0.25, -0.2) is 4.98 Å². The molecule has 0 saturated carbocycles. The van der Waals surface area contributed by atoms with Crippen LogP contribution in [0.25, 0.3) is 0 Å². The lowest BCUT2D eigenvalue weighted by molar-refractivity contribution is 0.112. The van der Waals surface area contributed by atoms with Gasteiger partial charge in [0.2, 0.25) is 0 Å². The van der Waals surface area contributed by atoms with Crippen molar-refractivity contribution >= 4 is 17.8 Å². The molecule has 21 heavy (non-hydrogen) atoms. The van der Waals surface area contributed by atoms with Gasteiger partial charge in [-0.2, -0.15) is 0 Å². The number of carbonyl (C=O) groups excluding carboxylic acids is 1. The maximum atomic E-state index is 10.9. The molecule has 1 aliphatic heterocycles. The number of aromatic nitrogens is 1. The lowest BCUT2D eigenvalue weighted by Crippen LogP contribution is -2.46. The van der Waals surface area contributed by atoms with Crippen LogP contribution in [0.15, 0.2) is 42.6 Å². The second kappa shape index (κ2) is 5.95. The highest BCUT2D eigenvalue weighted by Crippen LogP contribution is 2.21. The van der Waals surface area contributed by atoms with Gasteiger partial charge in [-0.1, -0.05) is 6.07 Å². The summed E-state index contributed by atoms with van der Waals surface area (Å²) in [5.41, 5.74) is 3.00. The Morgan fingerprint density at radius 1 is 1.05 bits per heavy atom. The Bertz CT molecular complexity index is 619. The monoisotopic (exact) mass is 281 g/mol. The largest absolute Gasteiger partial charge is 0.368 e. The molecule has 2 aromatic rings. The van der Waals surface area contributed by atoms with Gasteiger partial charge in [-0.3, -0.25) is 4.79 Å². The van der Waals surface area contributed by atoms with Crippen LogP contribution in [-0.2, 0) is 0 Å². The third kappa shape index (κ3) is 2.89. The third-order valence-electron chi connectivity index (χ3n) is 4.00. The van der Waals surface area contributed by atoms with Gasteiger partial charge < -0.3 is 9.80 Å². The Hall–Kier alpha value is -2.36. The molecule has 4 nitrogen and oxygen atoms in total. The molecule has 2 heterocycles. The molecule has 0 bridgehead atoms. The molecule has 1 aliphatic rings. The van der Waals surface area contributed by atoms with Crippen molar-refractivity contribution in [2.45, 2.75) is 6.92 Å². The van der Waals surface area contributed by atoms with Crippen molar-refractivity contribution in [1.29, 1.82) is 0 Å². The van der Waals surface area contributed by atoms with E-state index in [1.54, 1.807) is 0 Å². The molecule has 1 aromatic heterocycles. The average Bonchev–Trinajstić information content (AvgIpc) is 2.56. The van der Waals surface area contributed by atoms with Gasteiger partial charge >= 0.3 is 0 Å². The van der Waals surface area contributed by atoms with E-state index in [1.807, 2.05) is 37.4 Å². The number of piperazine rings is 1. The standard InChI is InChI=1S/C17H19N3O/c1-14-12-16(6-5-15(14)13-21)19-8-10-20(11-9-19)17-4-2-3-7-18-17/h2-7,12-13H,8-11H2,1H3. The molecule has 1 aromatic carbocycles. The summed E-state index contributed by atoms with van der Waals surface area (Å²) in [6.45, 7) is 5.85. The van der Waals surface area contributed by atoms with Crippen LogP contribution in [0, 0.1) is 6.92 Å². The van der Waals surface area contributed by atoms with E-state index < -0.39 is 0 Å². The molecule has 0 aliphatic carbocycles. The highest BCUT2D eigenvalue weighted by atomic mass is 16.1. The number of hydrogen-bond acceptors (Lipinski definition) is 4. The molecule has 0 atom stereocenters. The summed E-state index contributed by atoms with van der Waals surface area (Å²) < 4.78 is 0. The fourth-order valence-electron chi connectivity index (χ4n) is 2.72. The summed E-state index contributed by atoms with van der Waals surface area (Å²) in [4.78, 5) is 20.0. The van der Waals surface area contributed by atoms with Crippen molar-refractivity contribution in [1.82, 2.24) is 4.98 Å². The second-order valence-corrected chi connectivity index (χ2v) is 5.32. The van der Waals surface area contributed by atoms with Crippen molar-refractivity contribution in [2.24, 2.45) is 0 Å². The van der Waals surface area contributed by atoms with Crippen molar-refractivity contribution < 1.29 is 4.79 Å². The van der Waals surface area contributed by atoms with Crippen LogP contribution >= 0.6 is 0 Å². The van der Waals surface area contributed by atoms with Crippen LogP contribution in [0.5, 0.6) is 0 Å². The smallest absolute Gasteiger partial charge is 0.150 e. The van der Waals surface area contributed by atoms with E-state index in [0.29, 0.717) is 0 Å². The van der Waals surface area contributed by atoms with Gasteiger partial charge in [0.05, 0.1) is 0 Å². The van der Waals surface area contributed by atoms with E-state index in [1.165, 1.54) is 5.69 Å². The molecule has 1 saturated heterocycles. The molecule has 4 heteroatoms. The first-order valence-electron chi connectivity index (χ1n) is 7.25. The van der Waals surface area contributed by atoms with Crippen LogP contribution in [0.4, 0.5) is 11.5 Å². The minimum Gasteiger partial charge on any atom is -0.368 e. The molecular formula is C17H19N3O. The van der Waals surface area contributed by atoms with E-state index >= 15 is 0 Å². The molecule has 0 radical (unpaired) electrons. The highest BCUT2D eigenvalue weighted by molar-refractivity contribution is 5.78. The molecule has 3 rings (SSSR count). The fraction of sp³-hybridized carbons (Fsp3) is 0.294. The summed E-state index contributed by atoms with van der Waals surface area (Å²) in [6.07, 6.45) is 2.75. The zero-order chi connectivity index (χ0) is 14.7. The van der Waals surface area contributed by atoms with E-state index in [9.17, 15) is 4.79 Å². The number of rotatable bonds is 3. The van der Waals surface area contributed by atoms with Gasteiger partial charge in [0.25, 0.3) is 0 Å². The first kappa shape index (κ1) is 13.6. The molecule has 0 unspecified atom stereocenters. The number of aryl methyl sites for hydroxylation is 1. The minimum atomic E-state index is 0.769. The molecule has 0 spiro atoms. The maximum absolute atomic E-state index is 10.9. The SMILES string of the molecule is Cc1cc(N2CCN(c3ccccn3)CC2)ccc1C=O. The Morgan fingerprint density at radius 3 is 2.43 bits per heavy atom. The maximum Gasteiger partial charge on any atom is 0.150 e. The van der Waals surface area contributed by atoms with E-state index in [4.69, 9.17) is 0 Å². The van der Waals surface area contributed by atoms with Gasteiger partial charge in [-0.05, 0) is 42.8 Å². The van der Waals surface area contributed by atoms with Gasteiger partial charge in [-0.15, -0.1) is 0 Å². The number of anilines is 2. The number of nitrogens with zero attached hydrogens (tertiary/aromatic N) is 3. The number of benzene rings is 1. The van der Waals surface area contributed by atoms with E-state index in [2.05, 4.69) is 26.9 Å². The topological polar surface area (TPSA) is 36.4 Å². The zero-order valence-corrected chi connectivity index (χ0v) is 12.2. The van der Waals surface area contributed by atoms with Crippen LogP contribution in [0.3, 0.4) is 0 Å². The Labute approximate surface area is 125 Å². The predicted molar refractivity (Wildman–Crippen MR) is 85.2 cm³/mol. The first-order valence-corrected chi connectivity index (χ1v) is 7.25. The summed E-state index contributed by atoms with van der Waals surface area (Å²) in [5.74, 6) is 1.05. The highest BCUT2D eigenvalue weighted by Gasteiger charge is 2.18. The number of hydrogen-bond donors (Lipinski definition) is 0. The van der Waals surface area contributed by atoms with Gasteiger partial charge in [0.1, 0.15) is 12.1 Å². The van der Waals surface area contributed by atoms with E-state index in [-0.39, 0.29) is 0 Å². The van der Waals surface area contributed by atoms with Gasteiger partial charge in [0, 0.05) is 43.6 Å². The van der Waals surface area contributed by atoms with Crippen molar-refractivity contribution in [3.8, 4) is 0 Å². The summed E-state index contributed by atoms with van der Waals surface area (Å²) >= 11 is 0. The minimum absolute atomic E-state index is 0.769. The van der Waals surface area contributed by atoms with Crippen LogP contribution in [-0.4, -0.2) is 37.4 Å². The number of carbonyl (C=O) groups is 1. The van der Waals surface area contributed by atoms with Crippen LogP contribution < -0.4 is 9.80 Å². The average molecular weight is 281 g/mol. The fourth-order valence-corrected chi connectivity index (χ4v) is 2.72. The molecule has 0 amide bonds. The Balaban J connectivity index is 1.68. The van der Waals surface area contributed by atoms with Crippen LogP contribution in [0.2, 0.25) is 0 Å². The molecule has 108 valence electrons. The molecular weight excluding hydrogens is 262 g/mol. The Morgan fingerprint density at radius 2 is 1.81 bits per heavy atom. The summed E-state index contributed by atoms with van der Waals surface area (Å²) in [5, 5.41) is 0. The summed E-state index contributed by atoms with van der Waals surface area (Å²) in [6, 6.07) is 12.1. The van der Waals surface area contributed by atoms with E-state index in [0.717, 1.165) is 49.4 Å². The zero-order valence-electron chi connectivity index (χ0n) is 12.2. The lowest BCUT2D eigenvalue weighted by Gasteiger charge is -2.36. The van der Waals surface area contributed by atoms with Gasteiger partial charge in [0.15, 0.2) is 0 Å². The first-order chi connectivity index (χ1) is 10.3. The number of aldehydes is 1. The third-order valence-corrected chi connectivity index (χ3v) is 4.00. The Kier molecular flexibility index (Phi) is 3.86. The summed E-state index contributed by atoms with van der Waals surface area (Å²) in [7, 11) is 0. The molecule has 0 N–H and O–H groups in total. The van der Waals surface area contributed by atoms with Crippen LogP contribution in [0.1, 0.15) is 15.9 Å². The quantitative estimate of drug-likeness (QED) is 0.810.